The maximum absolute atomic E-state index is 13.2. The van der Waals surface area contributed by atoms with Crippen molar-refractivity contribution >= 4 is 34.1 Å². The van der Waals surface area contributed by atoms with Gasteiger partial charge in [-0.05, 0) is 44.0 Å². The van der Waals surface area contributed by atoms with Gasteiger partial charge in [0.1, 0.15) is 6.54 Å². The summed E-state index contributed by atoms with van der Waals surface area (Å²) in [4.78, 5) is 32.7. The summed E-state index contributed by atoms with van der Waals surface area (Å²) in [7, 11) is 0. The molecule has 5 rings (SSSR count). The van der Waals surface area contributed by atoms with Crippen molar-refractivity contribution in [1.82, 2.24) is 19.2 Å². The summed E-state index contributed by atoms with van der Waals surface area (Å²) in [6.45, 7) is 3.59. The lowest BCUT2D eigenvalue weighted by molar-refractivity contribution is -0.117. The number of nitrogens with zero attached hydrogens (tertiary/aromatic N) is 5. The predicted octanol–water partition coefficient (Wildman–Crippen LogP) is 2.59. The molecule has 0 radical (unpaired) electrons. The van der Waals surface area contributed by atoms with E-state index in [0.717, 1.165) is 37.0 Å². The molecule has 8 heteroatoms. The smallest absolute Gasteiger partial charge is 0.351 e. The number of aryl methyl sites for hydroxylation is 1. The minimum atomic E-state index is -0.344. The Morgan fingerprint density at radius 2 is 1.80 bits per heavy atom. The number of benzene rings is 2. The minimum Gasteiger partial charge on any atom is -0.353 e. The van der Waals surface area contributed by atoms with Gasteiger partial charge in [0.05, 0.1) is 11.0 Å². The Bertz CT molecular complexity index is 1300. The van der Waals surface area contributed by atoms with E-state index in [0.29, 0.717) is 22.7 Å². The van der Waals surface area contributed by atoms with Crippen molar-refractivity contribution in [2.45, 2.75) is 26.3 Å². The molecule has 1 amide bonds. The Kier molecular flexibility index (Phi) is 4.46. The maximum Gasteiger partial charge on any atom is 0.351 e. The Morgan fingerprint density at radius 1 is 1.07 bits per heavy atom. The molecular formula is C22H22N6O2. The number of carbonyl (C=O) groups excluding carboxylic acids is 1. The Labute approximate surface area is 172 Å². The molecule has 0 saturated carbocycles. The van der Waals surface area contributed by atoms with E-state index >= 15 is 0 Å². The summed E-state index contributed by atoms with van der Waals surface area (Å²) in [5.74, 6) is 0.394. The summed E-state index contributed by atoms with van der Waals surface area (Å²) in [5.41, 5.74) is 3.36. The van der Waals surface area contributed by atoms with Crippen LogP contribution in [0.2, 0.25) is 0 Å². The average Bonchev–Trinajstić information content (AvgIpc) is 3.38. The van der Waals surface area contributed by atoms with Crippen LogP contribution in [0.15, 0.2) is 53.3 Å². The molecule has 1 N–H and O–H groups in total. The molecule has 0 bridgehead atoms. The Hall–Kier alpha value is -3.68. The number of para-hydroxylation sites is 2. The molecule has 2 aromatic heterocycles. The highest BCUT2D eigenvalue weighted by molar-refractivity contribution is 5.90. The third-order valence-corrected chi connectivity index (χ3v) is 5.42. The highest BCUT2D eigenvalue weighted by Crippen LogP contribution is 2.25. The van der Waals surface area contributed by atoms with Crippen LogP contribution in [-0.4, -0.2) is 38.2 Å². The predicted molar refractivity (Wildman–Crippen MR) is 116 cm³/mol. The second-order valence-corrected chi connectivity index (χ2v) is 7.63. The first kappa shape index (κ1) is 18.4. The lowest BCUT2D eigenvalue weighted by atomic mass is 10.2. The molecular weight excluding hydrogens is 380 g/mol. The quantitative estimate of drug-likeness (QED) is 0.567. The topological polar surface area (TPSA) is 84.5 Å². The first-order valence-corrected chi connectivity index (χ1v) is 10.1. The van der Waals surface area contributed by atoms with Crippen molar-refractivity contribution in [3.63, 3.8) is 0 Å². The zero-order chi connectivity index (χ0) is 20.7. The third kappa shape index (κ3) is 3.20. The van der Waals surface area contributed by atoms with Gasteiger partial charge < -0.3 is 10.2 Å². The molecule has 152 valence electrons. The van der Waals surface area contributed by atoms with Crippen LogP contribution in [0.3, 0.4) is 0 Å². The zero-order valence-electron chi connectivity index (χ0n) is 16.7. The number of rotatable bonds is 4. The summed E-state index contributed by atoms with van der Waals surface area (Å²) in [5, 5.41) is 7.33. The van der Waals surface area contributed by atoms with E-state index in [2.05, 4.69) is 15.3 Å². The van der Waals surface area contributed by atoms with Gasteiger partial charge in [0.15, 0.2) is 5.82 Å². The van der Waals surface area contributed by atoms with Gasteiger partial charge in [0, 0.05) is 18.8 Å². The van der Waals surface area contributed by atoms with E-state index in [1.807, 2.05) is 55.5 Å². The number of fused-ring (bicyclic) bond motifs is 3. The molecule has 0 spiro atoms. The van der Waals surface area contributed by atoms with Gasteiger partial charge in [-0.3, -0.25) is 4.79 Å². The number of nitrogens with one attached hydrogen (secondary N) is 1. The zero-order valence-corrected chi connectivity index (χ0v) is 16.7. The molecule has 30 heavy (non-hydrogen) atoms. The summed E-state index contributed by atoms with van der Waals surface area (Å²) in [6.07, 6.45) is 2.18. The second kappa shape index (κ2) is 7.29. The molecule has 0 aliphatic carbocycles. The van der Waals surface area contributed by atoms with Gasteiger partial charge >= 0.3 is 5.69 Å². The molecule has 1 aliphatic heterocycles. The number of hydrogen-bond donors (Lipinski definition) is 1. The van der Waals surface area contributed by atoms with Gasteiger partial charge in [0.25, 0.3) is 0 Å². The fourth-order valence-corrected chi connectivity index (χ4v) is 3.90. The largest absolute Gasteiger partial charge is 0.353 e. The monoisotopic (exact) mass is 402 g/mol. The fraction of sp³-hybridized carbons (Fsp3) is 0.273. The van der Waals surface area contributed by atoms with Crippen LogP contribution in [0.5, 0.6) is 0 Å². The molecule has 0 unspecified atom stereocenters. The van der Waals surface area contributed by atoms with E-state index in [1.54, 1.807) is 4.40 Å². The van der Waals surface area contributed by atoms with Crippen molar-refractivity contribution in [2.75, 3.05) is 23.3 Å². The van der Waals surface area contributed by atoms with E-state index in [4.69, 9.17) is 4.98 Å². The first-order valence-electron chi connectivity index (χ1n) is 10.1. The van der Waals surface area contributed by atoms with Crippen molar-refractivity contribution < 1.29 is 4.79 Å². The lowest BCUT2D eigenvalue weighted by Crippen LogP contribution is -2.28. The average molecular weight is 402 g/mol. The number of aromatic nitrogens is 4. The van der Waals surface area contributed by atoms with Crippen molar-refractivity contribution in [3.05, 3.63) is 64.6 Å². The van der Waals surface area contributed by atoms with Crippen molar-refractivity contribution in [3.8, 4) is 0 Å². The molecule has 8 nitrogen and oxygen atoms in total. The molecule has 2 aromatic carbocycles. The standard InChI is InChI=1S/C22H22N6O2/c1-15-8-10-16(11-9-15)23-19(29)14-27-22(30)28-18-7-3-2-6-17(18)24-20(21(28)25-27)26-12-4-5-13-26/h2-3,6-11H,4-5,12-14H2,1H3,(H,23,29). The molecule has 1 saturated heterocycles. The Morgan fingerprint density at radius 3 is 2.57 bits per heavy atom. The van der Waals surface area contributed by atoms with Crippen LogP contribution in [-0.2, 0) is 11.3 Å². The van der Waals surface area contributed by atoms with Gasteiger partial charge in [-0.25, -0.2) is 18.9 Å². The van der Waals surface area contributed by atoms with Crippen LogP contribution >= 0.6 is 0 Å². The Balaban J connectivity index is 1.56. The van der Waals surface area contributed by atoms with E-state index < -0.39 is 0 Å². The van der Waals surface area contributed by atoms with Crippen LogP contribution in [0.1, 0.15) is 18.4 Å². The molecule has 0 atom stereocenters. The molecule has 1 fully saturated rings. The fourth-order valence-electron chi connectivity index (χ4n) is 3.90. The van der Waals surface area contributed by atoms with Crippen LogP contribution in [0.4, 0.5) is 11.5 Å². The molecule has 1 aliphatic rings. The summed E-state index contributed by atoms with van der Waals surface area (Å²) < 4.78 is 2.78. The van der Waals surface area contributed by atoms with Crippen LogP contribution < -0.4 is 15.9 Å². The number of amides is 1. The SMILES string of the molecule is Cc1ccc(NC(=O)Cn2nc3c(N4CCCC4)nc4ccccc4n3c2=O)cc1. The van der Waals surface area contributed by atoms with Gasteiger partial charge in [-0.2, -0.15) is 0 Å². The molecule has 4 aromatic rings. The highest BCUT2D eigenvalue weighted by Gasteiger charge is 2.23. The number of hydrogen-bond acceptors (Lipinski definition) is 5. The third-order valence-electron chi connectivity index (χ3n) is 5.42. The van der Waals surface area contributed by atoms with Crippen molar-refractivity contribution in [2.24, 2.45) is 0 Å². The van der Waals surface area contributed by atoms with Gasteiger partial charge in [0.2, 0.25) is 11.6 Å². The molecule has 3 heterocycles. The van der Waals surface area contributed by atoms with E-state index in [1.165, 1.54) is 4.68 Å². The van der Waals surface area contributed by atoms with Crippen molar-refractivity contribution in [1.29, 1.82) is 0 Å². The second-order valence-electron chi connectivity index (χ2n) is 7.63. The normalized spacial score (nSPS) is 14.0. The van der Waals surface area contributed by atoms with Crippen LogP contribution in [0.25, 0.3) is 16.7 Å². The number of carbonyl (C=O) groups is 1. The van der Waals surface area contributed by atoms with Gasteiger partial charge in [-0.1, -0.05) is 29.8 Å². The van der Waals surface area contributed by atoms with Gasteiger partial charge in [-0.15, -0.1) is 5.10 Å². The van der Waals surface area contributed by atoms with Crippen LogP contribution in [0, 0.1) is 6.92 Å². The summed E-state index contributed by atoms with van der Waals surface area (Å²) in [6, 6.07) is 15.0. The van der Waals surface area contributed by atoms with E-state index in [-0.39, 0.29) is 18.1 Å². The summed E-state index contributed by atoms with van der Waals surface area (Å²) >= 11 is 0. The minimum absolute atomic E-state index is 0.165. The lowest BCUT2D eigenvalue weighted by Gasteiger charge is -2.17. The first-order chi connectivity index (χ1) is 14.6. The number of anilines is 2. The maximum atomic E-state index is 13.2. The van der Waals surface area contributed by atoms with E-state index in [9.17, 15) is 9.59 Å². The highest BCUT2D eigenvalue weighted by atomic mass is 16.2.